The molecule has 0 aromatic carbocycles. The topological polar surface area (TPSA) is 50.7 Å². The Kier molecular flexibility index (Phi) is 5.53. The van der Waals surface area contributed by atoms with Crippen molar-refractivity contribution in [3.05, 3.63) is 0 Å². The van der Waals surface area contributed by atoms with Crippen LogP contribution >= 0.6 is 0 Å². The van der Waals surface area contributed by atoms with E-state index in [9.17, 15) is 5.11 Å². The second kappa shape index (κ2) is 6.43. The van der Waals surface area contributed by atoms with E-state index in [4.69, 9.17) is 9.47 Å². The van der Waals surface area contributed by atoms with Crippen molar-refractivity contribution in [3.63, 3.8) is 0 Å². The zero-order valence-electron chi connectivity index (χ0n) is 9.79. The maximum Gasteiger partial charge on any atom is 0.0773 e. The fraction of sp³-hybridized carbons (Fsp3) is 1.00. The van der Waals surface area contributed by atoms with E-state index in [-0.39, 0.29) is 0 Å². The number of hydrogen-bond acceptors (Lipinski definition) is 4. The Morgan fingerprint density at radius 2 is 2.13 bits per heavy atom. The first-order valence-corrected chi connectivity index (χ1v) is 5.66. The van der Waals surface area contributed by atoms with Gasteiger partial charge in [-0.15, -0.1) is 0 Å². The Labute approximate surface area is 92.0 Å². The fourth-order valence-electron chi connectivity index (χ4n) is 1.98. The standard InChI is InChI=1S/C11H23NO3/c1-11(13,9-12-5-8-14-2)10-3-6-15-7-4-10/h10,12-13H,3-9H2,1-2H3. The molecule has 4 heteroatoms. The number of aliphatic hydroxyl groups is 1. The van der Waals surface area contributed by atoms with Gasteiger partial charge in [0.15, 0.2) is 0 Å². The van der Waals surface area contributed by atoms with Gasteiger partial charge in [0.05, 0.1) is 12.2 Å². The van der Waals surface area contributed by atoms with E-state index in [0.29, 0.717) is 19.1 Å². The second-order valence-electron chi connectivity index (χ2n) is 4.41. The molecular formula is C11H23NO3. The van der Waals surface area contributed by atoms with Gasteiger partial charge < -0.3 is 19.9 Å². The normalized spacial score (nSPS) is 22.6. The zero-order chi connectivity index (χ0) is 11.1. The van der Waals surface area contributed by atoms with Crippen LogP contribution in [-0.4, -0.2) is 50.7 Å². The first-order valence-electron chi connectivity index (χ1n) is 5.66. The number of nitrogens with one attached hydrogen (secondary N) is 1. The minimum Gasteiger partial charge on any atom is -0.389 e. The van der Waals surface area contributed by atoms with E-state index < -0.39 is 5.60 Å². The molecular weight excluding hydrogens is 194 g/mol. The van der Waals surface area contributed by atoms with Crippen LogP contribution in [0.25, 0.3) is 0 Å². The van der Waals surface area contributed by atoms with Crippen LogP contribution in [0.1, 0.15) is 19.8 Å². The molecule has 0 amide bonds. The summed E-state index contributed by atoms with van der Waals surface area (Å²) in [6, 6.07) is 0. The average Bonchev–Trinajstić information content (AvgIpc) is 2.26. The van der Waals surface area contributed by atoms with Gasteiger partial charge in [0.1, 0.15) is 0 Å². The number of hydrogen-bond donors (Lipinski definition) is 2. The molecule has 2 N–H and O–H groups in total. The molecule has 1 atom stereocenters. The van der Waals surface area contributed by atoms with E-state index in [0.717, 1.165) is 32.6 Å². The summed E-state index contributed by atoms with van der Waals surface area (Å²) in [7, 11) is 1.68. The lowest BCUT2D eigenvalue weighted by Gasteiger charge is -2.35. The summed E-state index contributed by atoms with van der Waals surface area (Å²) < 4.78 is 10.2. The quantitative estimate of drug-likeness (QED) is 0.632. The monoisotopic (exact) mass is 217 g/mol. The molecule has 15 heavy (non-hydrogen) atoms. The van der Waals surface area contributed by atoms with Crippen molar-refractivity contribution in [1.29, 1.82) is 0 Å². The number of methoxy groups -OCH3 is 1. The minimum absolute atomic E-state index is 0.348. The van der Waals surface area contributed by atoms with Crippen LogP contribution in [0.4, 0.5) is 0 Å². The lowest BCUT2D eigenvalue weighted by molar-refractivity contribution is -0.0524. The maximum atomic E-state index is 10.3. The van der Waals surface area contributed by atoms with E-state index >= 15 is 0 Å². The molecule has 1 unspecified atom stereocenters. The maximum absolute atomic E-state index is 10.3. The van der Waals surface area contributed by atoms with Gasteiger partial charge in [-0.05, 0) is 25.7 Å². The minimum atomic E-state index is -0.627. The van der Waals surface area contributed by atoms with Gasteiger partial charge in [-0.2, -0.15) is 0 Å². The molecule has 1 saturated heterocycles. The third-order valence-corrected chi connectivity index (χ3v) is 3.07. The Morgan fingerprint density at radius 3 is 2.73 bits per heavy atom. The number of rotatable bonds is 6. The van der Waals surface area contributed by atoms with Crippen LogP contribution in [0.15, 0.2) is 0 Å². The Balaban J connectivity index is 2.23. The van der Waals surface area contributed by atoms with Crippen molar-refractivity contribution in [3.8, 4) is 0 Å². The highest BCUT2D eigenvalue weighted by Crippen LogP contribution is 2.26. The van der Waals surface area contributed by atoms with E-state index in [1.165, 1.54) is 0 Å². The summed E-state index contributed by atoms with van der Waals surface area (Å²) in [4.78, 5) is 0. The van der Waals surface area contributed by atoms with E-state index in [1.807, 2.05) is 6.92 Å². The molecule has 0 spiro atoms. The SMILES string of the molecule is COCCNCC(C)(O)C1CCOCC1. The predicted molar refractivity (Wildman–Crippen MR) is 58.9 cm³/mol. The van der Waals surface area contributed by atoms with Gasteiger partial charge in [0, 0.05) is 33.4 Å². The molecule has 4 nitrogen and oxygen atoms in total. The molecule has 1 heterocycles. The van der Waals surface area contributed by atoms with Crippen molar-refractivity contribution >= 4 is 0 Å². The largest absolute Gasteiger partial charge is 0.389 e. The summed E-state index contributed by atoms with van der Waals surface area (Å²) in [5.41, 5.74) is -0.627. The van der Waals surface area contributed by atoms with Gasteiger partial charge in [0.2, 0.25) is 0 Å². The number of ether oxygens (including phenoxy) is 2. The molecule has 1 aliphatic rings. The first kappa shape index (κ1) is 12.9. The van der Waals surface area contributed by atoms with Gasteiger partial charge in [0.25, 0.3) is 0 Å². The summed E-state index contributed by atoms with van der Waals surface area (Å²) in [6.45, 7) is 5.56. The van der Waals surface area contributed by atoms with Crippen LogP contribution in [0.5, 0.6) is 0 Å². The average molecular weight is 217 g/mol. The smallest absolute Gasteiger partial charge is 0.0773 e. The summed E-state index contributed by atoms with van der Waals surface area (Å²) in [5.74, 6) is 0.348. The molecule has 0 bridgehead atoms. The Bertz CT molecular complexity index is 167. The van der Waals surface area contributed by atoms with Crippen molar-refractivity contribution in [1.82, 2.24) is 5.32 Å². The van der Waals surface area contributed by atoms with Crippen molar-refractivity contribution in [2.45, 2.75) is 25.4 Å². The lowest BCUT2D eigenvalue weighted by atomic mass is 9.83. The van der Waals surface area contributed by atoms with E-state index in [1.54, 1.807) is 7.11 Å². The molecule has 0 aliphatic carbocycles. The molecule has 0 saturated carbocycles. The molecule has 0 radical (unpaired) electrons. The van der Waals surface area contributed by atoms with Crippen LogP contribution in [0.3, 0.4) is 0 Å². The van der Waals surface area contributed by atoms with E-state index in [2.05, 4.69) is 5.32 Å². The van der Waals surface area contributed by atoms with Gasteiger partial charge in [-0.25, -0.2) is 0 Å². The molecule has 0 aromatic heterocycles. The highest BCUT2D eigenvalue weighted by molar-refractivity contribution is 4.85. The van der Waals surface area contributed by atoms with Gasteiger partial charge >= 0.3 is 0 Å². The Morgan fingerprint density at radius 1 is 1.47 bits per heavy atom. The molecule has 1 fully saturated rings. The molecule has 1 aliphatic heterocycles. The van der Waals surface area contributed by atoms with Crippen molar-refractivity contribution < 1.29 is 14.6 Å². The fourth-order valence-corrected chi connectivity index (χ4v) is 1.98. The molecule has 90 valence electrons. The zero-order valence-corrected chi connectivity index (χ0v) is 9.79. The van der Waals surface area contributed by atoms with Gasteiger partial charge in [-0.3, -0.25) is 0 Å². The van der Waals surface area contributed by atoms with Crippen molar-refractivity contribution in [2.75, 3.05) is 40.0 Å². The predicted octanol–water partition coefficient (Wildman–Crippen LogP) is 0.400. The highest BCUT2D eigenvalue weighted by atomic mass is 16.5. The second-order valence-corrected chi connectivity index (χ2v) is 4.41. The Hall–Kier alpha value is -0.160. The first-order chi connectivity index (χ1) is 7.17. The van der Waals surface area contributed by atoms with Crippen molar-refractivity contribution in [2.24, 2.45) is 5.92 Å². The van der Waals surface area contributed by atoms with Crippen LogP contribution in [0, 0.1) is 5.92 Å². The third-order valence-electron chi connectivity index (χ3n) is 3.07. The summed E-state index contributed by atoms with van der Waals surface area (Å²) >= 11 is 0. The molecule has 1 rings (SSSR count). The molecule has 0 aromatic rings. The van der Waals surface area contributed by atoms with Crippen LogP contribution in [0.2, 0.25) is 0 Å². The summed E-state index contributed by atoms with van der Waals surface area (Å²) in [6.07, 6.45) is 1.91. The highest BCUT2D eigenvalue weighted by Gasteiger charge is 2.32. The van der Waals surface area contributed by atoms with Gasteiger partial charge in [-0.1, -0.05) is 0 Å². The van der Waals surface area contributed by atoms with Crippen LogP contribution < -0.4 is 5.32 Å². The van der Waals surface area contributed by atoms with Crippen LogP contribution in [-0.2, 0) is 9.47 Å². The summed E-state index contributed by atoms with van der Waals surface area (Å²) in [5, 5.41) is 13.5. The lowest BCUT2D eigenvalue weighted by Crippen LogP contribution is -2.46. The third kappa shape index (κ3) is 4.47.